The Morgan fingerprint density at radius 2 is 1.88 bits per heavy atom. The Labute approximate surface area is 164 Å². The number of halogens is 2. The van der Waals surface area contributed by atoms with Crippen molar-refractivity contribution in [2.24, 2.45) is 5.10 Å². The van der Waals surface area contributed by atoms with Crippen LogP contribution in [0.1, 0.15) is 5.56 Å². The van der Waals surface area contributed by atoms with Gasteiger partial charge in [0.1, 0.15) is 5.75 Å². The van der Waals surface area contributed by atoms with Crippen LogP contribution in [0.15, 0.2) is 58.8 Å². The van der Waals surface area contributed by atoms with Gasteiger partial charge in [-0.1, -0.05) is 35.5 Å². The molecule has 0 radical (unpaired) electrons. The van der Waals surface area contributed by atoms with Crippen LogP contribution in [0, 0.1) is 0 Å². The van der Waals surface area contributed by atoms with Crippen LogP contribution >= 0.6 is 40.3 Å². The first-order valence-electron chi connectivity index (χ1n) is 7.31. The van der Waals surface area contributed by atoms with Crippen LogP contribution in [-0.2, 0) is 0 Å². The van der Waals surface area contributed by atoms with Gasteiger partial charge in [0, 0.05) is 21.9 Å². The van der Waals surface area contributed by atoms with Gasteiger partial charge in [-0.3, -0.25) is 0 Å². The third-order valence-corrected chi connectivity index (χ3v) is 4.86. The molecule has 0 spiro atoms. The van der Waals surface area contributed by atoms with E-state index >= 15 is 0 Å². The molecule has 1 aromatic heterocycles. The van der Waals surface area contributed by atoms with Crippen molar-refractivity contribution in [3.05, 3.63) is 59.1 Å². The van der Waals surface area contributed by atoms with Gasteiger partial charge in [0.15, 0.2) is 5.82 Å². The summed E-state index contributed by atoms with van der Waals surface area (Å²) in [5, 5.41) is 14.7. The van der Waals surface area contributed by atoms with Crippen LogP contribution in [0.5, 0.6) is 5.75 Å². The van der Waals surface area contributed by atoms with Crippen molar-refractivity contribution >= 4 is 46.1 Å². The molecule has 2 heterocycles. The predicted octanol–water partition coefficient (Wildman–Crippen LogP) is 4.54. The summed E-state index contributed by atoms with van der Waals surface area (Å²) >= 11 is 7.58. The van der Waals surface area contributed by atoms with Gasteiger partial charge in [-0.15, -0.1) is 27.2 Å². The minimum atomic E-state index is 0. The minimum Gasteiger partial charge on any atom is -0.497 e. The number of aromatic nitrogens is 3. The van der Waals surface area contributed by atoms with E-state index in [1.54, 1.807) is 23.5 Å². The monoisotopic (exact) mass is 436 g/mol. The maximum Gasteiger partial charge on any atom is 0.212 e. The fourth-order valence-electron chi connectivity index (χ4n) is 2.45. The Balaban J connectivity index is 0.00000182. The molecule has 0 bridgehead atoms. The summed E-state index contributed by atoms with van der Waals surface area (Å²) in [5.74, 6) is 2.26. The lowest BCUT2D eigenvalue weighted by Gasteiger charge is -2.14. The molecule has 4 rings (SSSR count). The first-order valence-corrected chi connectivity index (χ1v) is 8.67. The summed E-state index contributed by atoms with van der Waals surface area (Å²) in [7, 11) is 1.66. The van der Waals surface area contributed by atoms with E-state index in [0.717, 1.165) is 33.5 Å². The molecule has 0 saturated carbocycles. The van der Waals surface area contributed by atoms with Crippen LogP contribution in [0.4, 0.5) is 0 Å². The highest BCUT2D eigenvalue weighted by atomic mass is 79.9. The summed E-state index contributed by atoms with van der Waals surface area (Å²) in [4.78, 5) is 0. The first kappa shape index (κ1) is 18.0. The number of hydrogen-bond donors (Lipinski definition) is 0. The molecule has 0 amide bonds. The summed E-state index contributed by atoms with van der Waals surface area (Å²) in [6, 6.07) is 15.4. The lowest BCUT2D eigenvalue weighted by Crippen LogP contribution is -2.13. The highest BCUT2D eigenvalue weighted by molar-refractivity contribution is 8.93. The second kappa shape index (κ2) is 7.59. The molecular formula is C17H14BrClN4OS. The van der Waals surface area contributed by atoms with E-state index in [-0.39, 0.29) is 17.0 Å². The molecule has 0 unspecified atom stereocenters. The van der Waals surface area contributed by atoms with Gasteiger partial charge >= 0.3 is 0 Å². The zero-order valence-corrected chi connectivity index (χ0v) is 16.5. The molecule has 0 atom stereocenters. The van der Waals surface area contributed by atoms with Gasteiger partial charge < -0.3 is 4.74 Å². The highest BCUT2D eigenvalue weighted by Gasteiger charge is 2.20. The van der Waals surface area contributed by atoms with E-state index in [0.29, 0.717) is 10.8 Å². The molecule has 1 aliphatic heterocycles. The van der Waals surface area contributed by atoms with Crippen molar-refractivity contribution in [3.63, 3.8) is 0 Å². The Bertz CT molecular complexity index is 927. The van der Waals surface area contributed by atoms with Gasteiger partial charge in [0.2, 0.25) is 5.16 Å². The lowest BCUT2D eigenvalue weighted by atomic mass is 10.1. The molecule has 5 nitrogen and oxygen atoms in total. The summed E-state index contributed by atoms with van der Waals surface area (Å²) in [5.41, 5.74) is 2.92. The third kappa shape index (κ3) is 3.58. The normalized spacial score (nSPS) is 12.8. The number of methoxy groups -OCH3 is 1. The van der Waals surface area contributed by atoms with E-state index in [1.807, 2.05) is 48.5 Å². The molecule has 8 heteroatoms. The predicted molar refractivity (Wildman–Crippen MR) is 106 cm³/mol. The number of thioether (sulfide) groups is 1. The largest absolute Gasteiger partial charge is 0.497 e. The Kier molecular flexibility index (Phi) is 5.46. The van der Waals surface area contributed by atoms with E-state index < -0.39 is 0 Å². The SMILES string of the molecule is Br.COc1cccc(C2=Nn3c(nnc3-c3ccc(Cl)cc3)SC2)c1. The van der Waals surface area contributed by atoms with Gasteiger partial charge in [-0.05, 0) is 36.4 Å². The number of ether oxygens (including phenoxy) is 1. The Morgan fingerprint density at radius 3 is 2.64 bits per heavy atom. The van der Waals surface area contributed by atoms with Crippen LogP contribution in [0.2, 0.25) is 5.02 Å². The molecule has 0 fully saturated rings. The molecular weight excluding hydrogens is 424 g/mol. The van der Waals surface area contributed by atoms with Crippen molar-refractivity contribution in [1.29, 1.82) is 0 Å². The van der Waals surface area contributed by atoms with Gasteiger partial charge in [-0.25, -0.2) is 0 Å². The molecule has 3 aromatic rings. The van der Waals surface area contributed by atoms with Crippen LogP contribution in [0.25, 0.3) is 11.4 Å². The summed E-state index contributed by atoms with van der Waals surface area (Å²) in [6.45, 7) is 0. The molecule has 0 saturated heterocycles. The van der Waals surface area contributed by atoms with Gasteiger partial charge in [0.25, 0.3) is 0 Å². The molecule has 0 aliphatic carbocycles. The van der Waals surface area contributed by atoms with E-state index in [1.165, 1.54) is 0 Å². The molecule has 2 aromatic carbocycles. The van der Waals surface area contributed by atoms with Crippen molar-refractivity contribution in [1.82, 2.24) is 14.9 Å². The number of fused-ring (bicyclic) bond motifs is 1. The minimum absolute atomic E-state index is 0. The standard InChI is InChI=1S/C17H13ClN4OS.BrH/c1-23-14-4-2-3-12(9-14)15-10-24-17-20-19-16(22(17)21-15)11-5-7-13(18)8-6-11;/h2-9H,10H2,1H3;1H. The Hall–Kier alpha value is -1.83. The quantitative estimate of drug-likeness (QED) is 0.603. The van der Waals surface area contributed by atoms with Crippen molar-refractivity contribution in [2.75, 3.05) is 12.9 Å². The first-order chi connectivity index (χ1) is 11.7. The maximum absolute atomic E-state index is 5.96. The zero-order valence-electron chi connectivity index (χ0n) is 13.2. The number of nitrogens with zero attached hydrogens (tertiary/aromatic N) is 4. The lowest BCUT2D eigenvalue weighted by molar-refractivity contribution is 0.414. The van der Waals surface area contributed by atoms with Gasteiger partial charge in [-0.2, -0.15) is 9.78 Å². The van der Waals surface area contributed by atoms with Crippen molar-refractivity contribution in [2.45, 2.75) is 5.16 Å². The molecule has 25 heavy (non-hydrogen) atoms. The van der Waals surface area contributed by atoms with Crippen LogP contribution in [0.3, 0.4) is 0 Å². The van der Waals surface area contributed by atoms with Crippen LogP contribution in [-0.4, -0.2) is 33.4 Å². The van der Waals surface area contributed by atoms with Crippen LogP contribution < -0.4 is 4.74 Å². The Morgan fingerprint density at radius 1 is 1.08 bits per heavy atom. The fourth-order valence-corrected chi connectivity index (χ4v) is 3.42. The zero-order chi connectivity index (χ0) is 16.5. The number of benzene rings is 2. The molecule has 128 valence electrons. The third-order valence-electron chi connectivity index (χ3n) is 3.68. The van der Waals surface area contributed by atoms with E-state index in [9.17, 15) is 0 Å². The number of rotatable bonds is 3. The second-order valence-corrected chi connectivity index (χ2v) is 6.57. The highest BCUT2D eigenvalue weighted by Crippen LogP contribution is 2.29. The molecule has 1 aliphatic rings. The summed E-state index contributed by atoms with van der Waals surface area (Å²) < 4.78 is 7.08. The topological polar surface area (TPSA) is 52.3 Å². The smallest absolute Gasteiger partial charge is 0.212 e. The maximum atomic E-state index is 5.96. The van der Waals surface area contributed by atoms with E-state index in [2.05, 4.69) is 10.2 Å². The molecule has 0 N–H and O–H groups in total. The average Bonchev–Trinajstić information content (AvgIpc) is 3.05. The number of hydrogen-bond acceptors (Lipinski definition) is 5. The second-order valence-electron chi connectivity index (χ2n) is 5.19. The van der Waals surface area contributed by atoms with Crippen molar-refractivity contribution in [3.8, 4) is 17.1 Å². The van der Waals surface area contributed by atoms with E-state index in [4.69, 9.17) is 21.4 Å². The fraction of sp³-hybridized carbons (Fsp3) is 0.118. The average molecular weight is 438 g/mol. The summed E-state index contributed by atoms with van der Waals surface area (Å²) in [6.07, 6.45) is 0. The van der Waals surface area contributed by atoms with Gasteiger partial charge in [0.05, 0.1) is 12.8 Å². The van der Waals surface area contributed by atoms with Crippen molar-refractivity contribution < 1.29 is 4.74 Å².